The van der Waals surface area contributed by atoms with E-state index in [0.29, 0.717) is 16.9 Å². The monoisotopic (exact) mass is 376 g/mol. The molecule has 0 bridgehead atoms. The zero-order valence-electron chi connectivity index (χ0n) is 15.2. The van der Waals surface area contributed by atoms with Gasteiger partial charge in [-0.2, -0.15) is 0 Å². The number of ether oxygens (including phenoxy) is 1. The molecular weight excluding hydrogens is 358 g/mol. The van der Waals surface area contributed by atoms with Crippen molar-refractivity contribution < 1.29 is 18.6 Å². The molecule has 140 valence electrons. The van der Waals surface area contributed by atoms with Crippen molar-refractivity contribution in [1.82, 2.24) is 0 Å². The molecule has 0 fully saturated rings. The van der Waals surface area contributed by atoms with Gasteiger partial charge < -0.3 is 9.84 Å². The van der Waals surface area contributed by atoms with Crippen LogP contribution >= 0.6 is 0 Å². The smallest absolute Gasteiger partial charge is 0.170 e. The van der Waals surface area contributed by atoms with Crippen molar-refractivity contribution in [2.24, 2.45) is 0 Å². The van der Waals surface area contributed by atoms with Gasteiger partial charge in [-0.05, 0) is 60.2 Å². The minimum Gasteiger partial charge on any atom is -0.497 e. The Labute approximate surface area is 162 Å². The standard InChI is InChI=1S/C24H18F2O2/c1-28-23-12-6-20(7-13-23)24(27,16-14-18-2-8-21(25)9-3-18)17-15-19-4-10-22(26)11-5-19/h2-14,16,27H,1H3/b16-14+. The first-order valence-corrected chi connectivity index (χ1v) is 8.59. The van der Waals surface area contributed by atoms with Gasteiger partial charge >= 0.3 is 0 Å². The van der Waals surface area contributed by atoms with E-state index in [9.17, 15) is 13.9 Å². The van der Waals surface area contributed by atoms with Crippen LogP contribution in [0.5, 0.6) is 5.75 Å². The molecule has 0 radical (unpaired) electrons. The molecule has 0 saturated carbocycles. The van der Waals surface area contributed by atoms with E-state index in [1.54, 1.807) is 67.8 Å². The van der Waals surface area contributed by atoms with Gasteiger partial charge in [-0.15, -0.1) is 0 Å². The number of benzene rings is 3. The molecule has 0 amide bonds. The summed E-state index contributed by atoms with van der Waals surface area (Å²) >= 11 is 0. The van der Waals surface area contributed by atoms with Crippen LogP contribution in [0.1, 0.15) is 16.7 Å². The first-order chi connectivity index (χ1) is 13.5. The second-order valence-corrected chi connectivity index (χ2v) is 6.14. The fourth-order valence-corrected chi connectivity index (χ4v) is 2.55. The molecule has 2 nitrogen and oxygen atoms in total. The Hall–Kier alpha value is -3.42. The highest BCUT2D eigenvalue weighted by Gasteiger charge is 2.23. The highest BCUT2D eigenvalue weighted by atomic mass is 19.1. The lowest BCUT2D eigenvalue weighted by atomic mass is 9.92. The Kier molecular flexibility index (Phi) is 5.88. The molecule has 0 heterocycles. The van der Waals surface area contributed by atoms with Crippen molar-refractivity contribution in [2.75, 3.05) is 7.11 Å². The maximum atomic E-state index is 13.1. The minimum atomic E-state index is -1.60. The molecule has 0 saturated heterocycles. The zero-order valence-corrected chi connectivity index (χ0v) is 15.2. The maximum Gasteiger partial charge on any atom is 0.170 e. The van der Waals surface area contributed by atoms with Crippen molar-refractivity contribution >= 4 is 6.08 Å². The van der Waals surface area contributed by atoms with Crippen LogP contribution < -0.4 is 4.74 Å². The summed E-state index contributed by atoms with van der Waals surface area (Å²) < 4.78 is 31.3. The summed E-state index contributed by atoms with van der Waals surface area (Å²) in [7, 11) is 1.56. The Morgan fingerprint density at radius 3 is 2.00 bits per heavy atom. The van der Waals surface area contributed by atoms with Crippen LogP contribution in [0.15, 0.2) is 78.9 Å². The minimum absolute atomic E-state index is 0.335. The van der Waals surface area contributed by atoms with Crippen LogP contribution in [0.3, 0.4) is 0 Å². The van der Waals surface area contributed by atoms with Crippen molar-refractivity contribution in [2.45, 2.75) is 5.60 Å². The lowest BCUT2D eigenvalue weighted by Crippen LogP contribution is -2.20. The molecule has 1 N–H and O–H groups in total. The van der Waals surface area contributed by atoms with Crippen LogP contribution in [0, 0.1) is 23.5 Å². The van der Waals surface area contributed by atoms with Crippen LogP contribution in [0.25, 0.3) is 6.08 Å². The van der Waals surface area contributed by atoms with E-state index in [4.69, 9.17) is 4.74 Å². The van der Waals surface area contributed by atoms with E-state index < -0.39 is 5.60 Å². The molecule has 0 spiro atoms. The number of aliphatic hydroxyl groups is 1. The summed E-state index contributed by atoms with van der Waals surface area (Å²) in [6, 6.07) is 18.5. The van der Waals surface area contributed by atoms with Crippen molar-refractivity contribution in [1.29, 1.82) is 0 Å². The van der Waals surface area contributed by atoms with E-state index >= 15 is 0 Å². The molecule has 0 aromatic heterocycles. The zero-order chi connectivity index (χ0) is 20.0. The maximum absolute atomic E-state index is 13.1. The molecule has 28 heavy (non-hydrogen) atoms. The first kappa shape index (κ1) is 19.3. The van der Waals surface area contributed by atoms with E-state index in [1.807, 2.05) is 0 Å². The molecule has 1 atom stereocenters. The predicted octanol–water partition coefficient (Wildman–Crippen LogP) is 4.93. The molecule has 4 heteroatoms. The molecule has 3 aromatic rings. The quantitative estimate of drug-likeness (QED) is 0.655. The summed E-state index contributed by atoms with van der Waals surface area (Å²) in [5.74, 6) is 5.69. The average molecular weight is 376 g/mol. The summed E-state index contributed by atoms with van der Waals surface area (Å²) in [6.45, 7) is 0. The van der Waals surface area contributed by atoms with Gasteiger partial charge in [0.05, 0.1) is 7.11 Å². The third-order valence-corrected chi connectivity index (χ3v) is 4.16. The number of rotatable bonds is 4. The topological polar surface area (TPSA) is 29.5 Å². The van der Waals surface area contributed by atoms with Crippen LogP contribution in [-0.2, 0) is 5.60 Å². The second-order valence-electron chi connectivity index (χ2n) is 6.14. The molecule has 3 aromatic carbocycles. The lowest BCUT2D eigenvalue weighted by Gasteiger charge is -2.19. The summed E-state index contributed by atoms with van der Waals surface area (Å²) in [5.41, 5.74) is 0.233. The normalized spacial score (nSPS) is 12.9. The van der Waals surface area contributed by atoms with Crippen LogP contribution in [0.2, 0.25) is 0 Å². The van der Waals surface area contributed by atoms with Crippen LogP contribution in [0.4, 0.5) is 8.78 Å². The molecule has 1 unspecified atom stereocenters. The summed E-state index contributed by atoms with van der Waals surface area (Å²) in [6.07, 6.45) is 3.21. The third kappa shape index (κ3) is 4.85. The van der Waals surface area contributed by atoms with Crippen molar-refractivity contribution in [3.63, 3.8) is 0 Å². The molecular formula is C24H18F2O2. The third-order valence-electron chi connectivity index (χ3n) is 4.16. The van der Waals surface area contributed by atoms with Gasteiger partial charge in [-0.3, -0.25) is 0 Å². The number of hydrogen-bond acceptors (Lipinski definition) is 2. The first-order valence-electron chi connectivity index (χ1n) is 8.59. The highest BCUT2D eigenvalue weighted by Crippen LogP contribution is 2.26. The van der Waals surface area contributed by atoms with E-state index in [1.165, 1.54) is 24.3 Å². The van der Waals surface area contributed by atoms with Crippen LogP contribution in [-0.4, -0.2) is 12.2 Å². The molecule has 0 aliphatic heterocycles. The van der Waals surface area contributed by atoms with Crippen molar-refractivity contribution in [3.05, 3.63) is 107 Å². The van der Waals surface area contributed by atoms with E-state index in [-0.39, 0.29) is 11.6 Å². The molecule has 3 rings (SSSR count). The SMILES string of the molecule is COc1ccc(C(O)(C#Cc2ccc(F)cc2)/C=C/c2ccc(F)cc2)cc1. The van der Waals surface area contributed by atoms with E-state index in [2.05, 4.69) is 11.8 Å². The Balaban J connectivity index is 1.99. The van der Waals surface area contributed by atoms with Gasteiger partial charge in [-0.1, -0.05) is 42.2 Å². The van der Waals surface area contributed by atoms with Gasteiger partial charge in [0.25, 0.3) is 0 Å². The summed E-state index contributed by atoms with van der Waals surface area (Å²) in [5, 5.41) is 11.2. The van der Waals surface area contributed by atoms with Gasteiger partial charge in [0, 0.05) is 11.1 Å². The predicted molar refractivity (Wildman–Crippen MR) is 106 cm³/mol. The number of hydrogen-bond donors (Lipinski definition) is 1. The number of methoxy groups -OCH3 is 1. The van der Waals surface area contributed by atoms with E-state index in [0.717, 1.165) is 5.56 Å². The molecule has 0 aliphatic carbocycles. The summed E-state index contributed by atoms with van der Waals surface area (Å²) in [4.78, 5) is 0. The van der Waals surface area contributed by atoms with Gasteiger partial charge in [0.2, 0.25) is 0 Å². The fourth-order valence-electron chi connectivity index (χ4n) is 2.55. The van der Waals surface area contributed by atoms with Gasteiger partial charge in [0.15, 0.2) is 5.60 Å². The number of halogens is 2. The average Bonchev–Trinajstić information content (AvgIpc) is 2.73. The molecule has 0 aliphatic rings. The second kappa shape index (κ2) is 8.51. The fraction of sp³-hybridized carbons (Fsp3) is 0.0833. The van der Waals surface area contributed by atoms with Crippen molar-refractivity contribution in [3.8, 4) is 17.6 Å². The Morgan fingerprint density at radius 2 is 1.43 bits per heavy atom. The largest absolute Gasteiger partial charge is 0.497 e. The Bertz CT molecular complexity index is 1010. The van der Waals surface area contributed by atoms with Gasteiger partial charge in [0.1, 0.15) is 17.4 Å². The highest BCUT2D eigenvalue weighted by molar-refractivity contribution is 5.55. The lowest BCUT2D eigenvalue weighted by molar-refractivity contribution is 0.155. The van der Waals surface area contributed by atoms with Gasteiger partial charge in [-0.25, -0.2) is 8.78 Å². The Morgan fingerprint density at radius 1 is 0.857 bits per heavy atom.